The van der Waals surface area contributed by atoms with Gasteiger partial charge in [0.15, 0.2) is 5.82 Å². The van der Waals surface area contributed by atoms with E-state index >= 15 is 0 Å². The Kier molecular flexibility index (Phi) is 3.69. The first-order valence-electron chi connectivity index (χ1n) is 7.16. The molecule has 5 heteroatoms. The number of benzene rings is 1. The van der Waals surface area contributed by atoms with Crippen molar-refractivity contribution in [2.75, 3.05) is 31.1 Å². The largest absolute Gasteiger partial charge is 0.475 e. The maximum Gasteiger partial charge on any atom is 0.258 e. The van der Waals surface area contributed by atoms with Crippen molar-refractivity contribution in [2.45, 2.75) is 13.3 Å². The number of hydrogen-bond donors (Lipinski definition) is 1. The SMILES string of the molecule is CCOc1nc2ccccc2nc1N1CC[C@@H](CN)C1. The summed E-state index contributed by atoms with van der Waals surface area (Å²) in [6.07, 6.45) is 1.11. The van der Waals surface area contributed by atoms with E-state index < -0.39 is 0 Å². The molecule has 2 aromatic rings. The molecule has 0 bridgehead atoms. The Balaban J connectivity index is 2.01. The van der Waals surface area contributed by atoms with Crippen LogP contribution < -0.4 is 15.4 Å². The molecule has 1 atom stereocenters. The van der Waals surface area contributed by atoms with Crippen LogP contribution in [0.15, 0.2) is 24.3 Å². The van der Waals surface area contributed by atoms with Crippen LogP contribution in [0.4, 0.5) is 5.82 Å². The van der Waals surface area contributed by atoms with Crippen LogP contribution in [0.25, 0.3) is 11.0 Å². The number of nitrogens with zero attached hydrogens (tertiary/aromatic N) is 3. The normalized spacial score (nSPS) is 18.7. The third kappa shape index (κ3) is 2.41. The molecule has 1 aromatic heterocycles. The van der Waals surface area contributed by atoms with Crippen molar-refractivity contribution < 1.29 is 4.74 Å². The first-order chi connectivity index (χ1) is 9.81. The lowest BCUT2D eigenvalue weighted by Crippen LogP contribution is -2.24. The van der Waals surface area contributed by atoms with Gasteiger partial charge in [0.1, 0.15) is 0 Å². The maximum atomic E-state index is 5.77. The van der Waals surface area contributed by atoms with Crippen molar-refractivity contribution in [3.63, 3.8) is 0 Å². The minimum Gasteiger partial charge on any atom is -0.475 e. The van der Waals surface area contributed by atoms with E-state index in [1.165, 1.54) is 0 Å². The second kappa shape index (κ2) is 5.63. The molecule has 1 aliphatic heterocycles. The molecule has 1 aromatic carbocycles. The van der Waals surface area contributed by atoms with Crippen molar-refractivity contribution in [3.8, 4) is 5.88 Å². The van der Waals surface area contributed by atoms with E-state index in [1.807, 2.05) is 31.2 Å². The Labute approximate surface area is 118 Å². The highest BCUT2D eigenvalue weighted by Crippen LogP contribution is 2.30. The Morgan fingerprint density at radius 3 is 2.70 bits per heavy atom. The summed E-state index contributed by atoms with van der Waals surface area (Å²) < 4.78 is 5.68. The summed E-state index contributed by atoms with van der Waals surface area (Å²) in [7, 11) is 0. The number of para-hydroxylation sites is 2. The lowest BCUT2D eigenvalue weighted by molar-refractivity contribution is 0.327. The van der Waals surface area contributed by atoms with E-state index in [-0.39, 0.29) is 0 Å². The number of anilines is 1. The van der Waals surface area contributed by atoms with E-state index in [2.05, 4.69) is 9.88 Å². The second-order valence-corrected chi connectivity index (χ2v) is 5.11. The predicted molar refractivity (Wildman–Crippen MR) is 80.1 cm³/mol. The molecule has 0 spiro atoms. The molecule has 20 heavy (non-hydrogen) atoms. The van der Waals surface area contributed by atoms with Crippen molar-refractivity contribution in [3.05, 3.63) is 24.3 Å². The van der Waals surface area contributed by atoms with Gasteiger partial charge in [-0.25, -0.2) is 9.97 Å². The molecule has 0 aliphatic carbocycles. The molecule has 2 N–H and O–H groups in total. The van der Waals surface area contributed by atoms with Crippen molar-refractivity contribution in [2.24, 2.45) is 11.7 Å². The average Bonchev–Trinajstić information content (AvgIpc) is 2.95. The molecule has 5 nitrogen and oxygen atoms in total. The van der Waals surface area contributed by atoms with Crippen LogP contribution in [0, 0.1) is 5.92 Å². The highest BCUT2D eigenvalue weighted by molar-refractivity contribution is 5.77. The number of fused-ring (bicyclic) bond motifs is 1. The molecule has 0 radical (unpaired) electrons. The number of aromatic nitrogens is 2. The average molecular weight is 272 g/mol. The maximum absolute atomic E-state index is 5.77. The minimum atomic E-state index is 0.540. The standard InChI is InChI=1S/C15H20N4O/c1-2-20-15-14(19-8-7-11(9-16)10-19)17-12-5-3-4-6-13(12)18-15/h3-6,11H,2,7-10,16H2,1H3/t11-/m0/s1. The molecule has 2 heterocycles. The molecule has 0 unspecified atom stereocenters. The monoisotopic (exact) mass is 272 g/mol. The third-order valence-corrected chi connectivity index (χ3v) is 3.72. The molecule has 1 aliphatic rings. The lowest BCUT2D eigenvalue weighted by Gasteiger charge is -2.20. The zero-order valence-corrected chi connectivity index (χ0v) is 11.7. The van der Waals surface area contributed by atoms with Gasteiger partial charge in [-0.1, -0.05) is 12.1 Å². The van der Waals surface area contributed by atoms with Crippen molar-refractivity contribution in [1.82, 2.24) is 9.97 Å². The Morgan fingerprint density at radius 2 is 2.05 bits per heavy atom. The van der Waals surface area contributed by atoms with E-state index in [1.54, 1.807) is 0 Å². The molecule has 0 amide bonds. The smallest absolute Gasteiger partial charge is 0.258 e. The second-order valence-electron chi connectivity index (χ2n) is 5.11. The van der Waals surface area contributed by atoms with Gasteiger partial charge in [-0.15, -0.1) is 0 Å². The van der Waals surface area contributed by atoms with Crippen LogP contribution in [0.1, 0.15) is 13.3 Å². The number of nitrogens with two attached hydrogens (primary N) is 1. The topological polar surface area (TPSA) is 64.3 Å². The summed E-state index contributed by atoms with van der Waals surface area (Å²) in [5, 5.41) is 0. The van der Waals surface area contributed by atoms with Gasteiger partial charge in [0.05, 0.1) is 17.6 Å². The van der Waals surface area contributed by atoms with E-state index in [0.29, 0.717) is 18.4 Å². The van der Waals surface area contributed by atoms with Gasteiger partial charge in [0, 0.05) is 13.1 Å². The van der Waals surface area contributed by atoms with Crippen LogP contribution in [0.5, 0.6) is 5.88 Å². The van der Waals surface area contributed by atoms with Crippen molar-refractivity contribution in [1.29, 1.82) is 0 Å². The Morgan fingerprint density at radius 1 is 1.30 bits per heavy atom. The fourth-order valence-corrected chi connectivity index (χ4v) is 2.63. The van der Waals surface area contributed by atoms with Gasteiger partial charge in [0.2, 0.25) is 0 Å². The highest BCUT2D eigenvalue weighted by atomic mass is 16.5. The van der Waals surface area contributed by atoms with Crippen molar-refractivity contribution >= 4 is 16.9 Å². The molecule has 1 fully saturated rings. The summed E-state index contributed by atoms with van der Waals surface area (Å²) in [5.41, 5.74) is 7.54. The molecule has 3 rings (SSSR count). The first-order valence-corrected chi connectivity index (χ1v) is 7.16. The Hall–Kier alpha value is -1.88. The van der Waals surface area contributed by atoms with E-state index in [9.17, 15) is 0 Å². The summed E-state index contributed by atoms with van der Waals surface area (Å²) in [6.45, 7) is 5.18. The fourth-order valence-electron chi connectivity index (χ4n) is 2.63. The van der Waals surface area contributed by atoms with Gasteiger partial charge < -0.3 is 15.4 Å². The molecular formula is C15H20N4O. The summed E-state index contributed by atoms with van der Waals surface area (Å²) in [5.74, 6) is 2.02. The highest BCUT2D eigenvalue weighted by Gasteiger charge is 2.25. The van der Waals surface area contributed by atoms with Gasteiger partial charge in [-0.05, 0) is 37.9 Å². The summed E-state index contributed by atoms with van der Waals surface area (Å²) in [6, 6.07) is 7.89. The van der Waals surface area contributed by atoms with Crippen LogP contribution in [-0.4, -0.2) is 36.2 Å². The van der Waals surface area contributed by atoms with Gasteiger partial charge >= 0.3 is 0 Å². The van der Waals surface area contributed by atoms with Crippen LogP contribution in [0.2, 0.25) is 0 Å². The molecule has 0 saturated carbocycles. The summed E-state index contributed by atoms with van der Waals surface area (Å²) in [4.78, 5) is 11.6. The predicted octanol–water partition coefficient (Wildman–Crippen LogP) is 1.81. The van der Waals surface area contributed by atoms with Gasteiger partial charge in [-0.2, -0.15) is 0 Å². The minimum absolute atomic E-state index is 0.540. The van der Waals surface area contributed by atoms with Gasteiger partial charge in [-0.3, -0.25) is 0 Å². The lowest BCUT2D eigenvalue weighted by atomic mass is 10.1. The quantitative estimate of drug-likeness (QED) is 0.919. The van der Waals surface area contributed by atoms with Crippen LogP contribution >= 0.6 is 0 Å². The van der Waals surface area contributed by atoms with E-state index in [4.69, 9.17) is 15.5 Å². The number of ether oxygens (including phenoxy) is 1. The molecular weight excluding hydrogens is 252 g/mol. The zero-order chi connectivity index (χ0) is 13.9. The third-order valence-electron chi connectivity index (χ3n) is 3.72. The van der Waals surface area contributed by atoms with Crippen LogP contribution in [0.3, 0.4) is 0 Å². The van der Waals surface area contributed by atoms with E-state index in [0.717, 1.165) is 42.9 Å². The molecule has 1 saturated heterocycles. The molecule has 106 valence electrons. The number of hydrogen-bond acceptors (Lipinski definition) is 5. The summed E-state index contributed by atoms with van der Waals surface area (Å²) >= 11 is 0. The Bertz CT molecular complexity index is 601. The van der Waals surface area contributed by atoms with Crippen LogP contribution in [-0.2, 0) is 0 Å². The number of rotatable bonds is 4. The zero-order valence-electron chi connectivity index (χ0n) is 11.7. The fraction of sp³-hybridized carbons (Fsp3) is 0.467. The van der Waals surface area contributed by atoms with Gasteiger partial charge in [0.25, 0.3) is 5.88 Å². The first kappa shape index (κ1) is 13.1.